The highest BCUT2D eigenvalue weighted by molar-refractivity contribution is 7.92. The fraction of sp³-hybridized carbons (Fsp3) is 0.333. The van der Waals surface area contributed by atoms with E-state index in [1.807, 2.05) is 0 Å². The van der Waals surface area contributed by atoms with Gasteiger partial charge in [0.2, 0.25) is 0 Å². The summed E-state index contributed by atoms with van der Waals surface area (Å²) in [6.45, 7) is 1.44. The Hall–Kier alpha value is -3.07. The summed E-state index contributed by atoms with van der Waals surface area (Å²) in [7, 11) is -4.90. The molecule has 0 aliphatic heterocycles. The molecule has 176 valence electrons. The Morgan fingerprint density at radius 2 is 1.76 bits per heavy atom. The van der Waals surface area contributed by atoms with Crippen LogP contribution in [0.4, 0.5) is 18.9 Å². The third-order valence-electron chi connectivity index (χ3n) is 4.69. The van der Waals surface area contributed by atoms with Gasteiger partial charge in [0.05, 0.1) is 23.7 Å². The molecule has 4 aromatic heterocycles. The van der Waals surface area contributed by atoms with Gasteiger partial charge in [-0.3, -0.25) is 0 Å². The molecule has 0 atom stereocenters. The van der Waals surface area contributed by atoms with E-state index in [1.165, 1.54) is 48.0 Å². The van der Waals surface area contributed by atoms with Crippen molar-refractivity contribution < 1.29 is 25.8 Å². The van der Waals surface area contributed by atoms with Gasteiger partial charge in [0.15, 0.2) is 26.2 Å². The molecule has 0 aliphatic rings. The van der Waals surface area contributed by atoms with Gasteiger partial charge in [0.1, 0.15) is 22.6 Å². The van der Waals surface area contributed by atoms with Crippen LogP contribution < -0.4 is 0 Å². The van der Waals surface area contributed by atoms with E-state index in [9.17, 15) is 25.8 Å². The summed E-state index contributed by atoms with van der Waals surface area (Å²) in [4.78, 5) is 12.3. The Labute approximate surface area is 186 Å². The van der Waals surface area contributed by atoms with Crippen LogP contribution in [0.1, 0.15) is 12.5 Å². The fourth-order valence-corrected chi connectivity index (χ4v) is 4.79. The molecule has 4 aromatic rings. The van der Waals surface area contributed by atoms with Crippen LogP contribution in [0.15, 0.2) is 34.0 Å². The highest BCUT2D eigenvalue weighted by Gasteiger charge is 2.33. The van der Waals surface area contributed by atoms with Crippen LogP contribution in [0.25, 0.3) is 28.2 Å². The predicted octanol–water partition coefficient (Wildman–Crippen LogP) is 2.85. The van der Waals surface area contributed by atoms with E-state index < -0.39 is 31.3 Å². The van der Waals surface area contributed by atoms with Crippen molar-refractivity contribution in [3.8, 4) is 11.4 Å². The molecule has 0 aliphatic carbocycles. The molecule has 0 fully saturated rings. The summed E-state index contributed by atoms with van der Waals surface area (Å²) >= 11 is 0. The standard InChI is InChI=1S/C18H18F3N7O3S2/c1-5-33(30,31)17-13(15-23-8-11(9-28(15)25-17)26-32(3,4)29)16-24-12-6-10(18(19,20)21)7-22-14(12)27(16)2/h6-9H,5H2,1-4H3. The third kappa shape index (κ3) is 4.17. The number of aromatic nitrogens is 6. The maximum absolute atomic E-state index is 13.1. The topological polar surface area (TPSA) is 124 Å². The van der Waals surface area contributed by atoms with E-state index in [0.717, 1.165) is 6.07 Å². The molecule has 0 N–H and O–H groups in total. The van der Waals surface area contributed by atoms with Crippen LogP contribution in [-0.2, 0) is 32.8 Å². The summed E-state index contributed by atoms with van der Waals surface area (Å²) in [5.41, 5.74) is -0.591. The van der Waals surface area contributed by atoms with Crippen LogP contribution in [0, 0.1) is 0 Å². The first-order valence-electron chi connectivity index (χ1n) is 9.39. The maximum atomic E-state index is 13.1. The highest BCUT2D eigenvalue weighted by Crippen LogP contribution is 2.35. The second kappa shape index (κ2) is 7.48. The summed E-state index contributed by atoms with van der Waals surface area (Å²) < 4.78 is 83.6. The van der Waals surface area contributed by atoms with Crippen LogP contribution in [0.5, 0.6) is 0 Å². The van der Waals surface area contributed by atoms with Gasteiger partial charge < -0.3 is 4.57 Å². The van der Waals surface area contributed by atoms with Crippen molar-refractivity contribution in [2.75, 3.05) is 18.3 Å². The lowest BCUT2D eigenvalue weighted by Crippen LogP contribution is -2.07. The number of imidazole rings is 1. The van der Waals surface area contributed by atoms with Gasteiger partial charge in [0, 0.05) is 35.5 Å². The molecular formula is C18H18F3N7O3S2. The second-order valence-corrected chi connectivity index (χ2v) is 12.2. The number of fused-ring (bicyclic) bond motifs is 2. The van der Waals surface area contributed by atoms with E-state index in [2.05, 4.69) is 24.4 Å². The molecule has 0 saturated heterocycles. The zero-order chi connectivity index (χ0) is 24.3. The predicted molar refractivity (Wildman–Crippen MR) is 115 cm³/mol. The zero-order valence-electron chi connectivity index (χ0n) is 17.8. The molecule has 4 rings (SSSR count). The van der Waals surface area contributed by atoms with Gasteiger partial charge in [-0.15, -0.1) is 0 Å². The molecule has 0 bridgehead atoms. The van der Waals surface area contributed by atoms with E-state index >= 15 is 0 Å². The number of sulfone groups is 1. The molecule has 0 aromatic carbocycles. The van der Waals surface area contributed by atoms with E-state index in [1.54, 1.807) is 0 Å². The Bertz CT molecular complexity index is 1640. The summed E-state index contributed by atoms with van der Waals surface area (Å²) in [6, 6.07) is 0.842. The first-order chi connectivity index (χ1) is 15.2. The molecule has 15 heteroatoms. The monoisotopic (exact) mass is 501 g/mol. The Balaban J connectivity index is 2.05. The van der Waals surface area contributed by atoms with Crippen molar-refractivity contribution in [1.29, 1.82) is 0 Å². The summed E-state index contributed by atoms with van der Waals surface area (Å²) in [5.74, 6) is -0.245. The average Bonchev–Trinajstić information content (AvgIpc) is 3.23. The number of halogens is 3. The van der Waals surface area contributed by atoms with E-state index in [0.29, 0.717) is 6.20 Å². The number of hydrogen-bond donors (Lipinski definition) is 0. The zero-order valence-corrected chi connectivity index (χ0v) is 19.5. The largest absolute Gasteiger partial charge is 0.417 e. The fourth-order valence-electron chi connectivity index (χ4n) is 3.21. The maximum Gasteiger partial charge on any atom is 0.417 e. The van der Waals surface area contributed by atoms with Gasteiger partial charge >= 0.3 is 6.18 Å². The van der Waals surface area contributed by atoms with Crippen molar-refractivity contribution in [2.24, 2.45) is 11.4 Å². The number of hydrogen-bond acceptors (Lipinski definition) is 8. The minimum atomic E-state index is -4.61. The minimum Gasteiger partial charge on any atom is -0.312 e. The molecule has 0 spiro atoms. The van der Waals surface area contributed by atoms with Gasteiger partial charge in [-0.05, 0) is 6.07 Å². The third-order valence-corrected chi connectivity index (χ3v) is 6.97. The average molecular weight is 502 g/mol. The quantitative estimate of drug-likeness (QED) is 0.421. The molecule has 10 nitrogen and oxygen atoms in total. The molecule has 0 unspecified atom stereocenters. The summed E-state index contributed by atoms with van der Waals surface area (Å²) in [6.07, 6.45) is 1.61. The lowest BCUT2D eigenvalue weighted by atomic mass is 10.2. The Kier molecular flexibility index (Phi) is 5.24. The normalized spacial score (nSPS) is 13.2. The molecule has 0 radical (unpaired) electrons. The number of alkyl halides is 3. The number of pyridine rings is 1. The van der Waals surface area contributed by atoms with Gasteiger partial charge in [-0.2, -0.15) is 22.6 Å². The van der Waals surface area contributed by atoms with Crippen molar-refractivity contribution in [2.45, 2.75) is 18.1 Å². The van der Waals surface area contributed by atoms with Crippen LogP contribution in [0.3, 0.4) is 0 Å². The molecule has 4 heterocycles. The van der Waals surface area contributed by atoms with Crippen molar-refractivity contribution in [3.05, 3.63) is 30.2 Å². The number of aryl methyl sites for hydroxylation is 1. The Morgan fingerprint density at radius 3 is 2.36 bits per heavy atom. The minimum absolute atomic E-state index is 0.0196. The van der Waals surface area contributed by atoms with Crippen LogP contribution in [-0.4, -0.2) is 60.0 Å². The molecule has 0 amide bonds. The van der Waals surface area contributed by atoms with E-state index in [4.69, 9.17) is 0 Å². The lowest BCUT2D eigenvalue weighted by Gasteiger charge is -2.05. The number of rotatable bonds is 4. The van der Waals surface area contributed by atoms with Crippen LogP contribution >= 0.6 is 0 Å². The van der Waals surface area contributed by atoms with Gasteiger partial charge in [-0.1, -0.05) is 6.92 Å². The first-order valence-corrected chi connectivity index (χ1v) is 13.4. The first kappa shape index (κ1) is 23.1. The summed E-state index contributed by atoms with van der Waals surface area (Å²) in [5, 5.41) is 3.81. The van der Waals surface area contributed by atoms with Gasteiger partial charge in [0.25, 0.3) is 0 Å². The number of nitrogens with zero attached hydrogens (tertiary/aromatic N) is 7. The molecule has 0 saturated carbocycles. The van der Waals surface area contributed by atoms with Crippen molar-refractivity contribution >= 4 is 42.1 Å². The molecular weight excluding hydrogens is 483 g/mol. The Morgan fingerprint density at radius 1 is 1.09 bits per heavy atom. The van der Waals surface area contributed by atoms with Gasteiger partial charge in [-0.25, -0.2) is 32.1 Å². The highest BCUT2D eigenvalue weighted by atomic mass is 32.2. The van der Waals surface area contributed by atoms with Crippen molar-refractivity contribution in [3.63, 3.8) is 0 Å². The van der Waals surface area contributed by atoms with Crippen molar-refractivity contribution in [1.82, 2.24) is 29.1 Å². The molecule has 33 heavy (non-hydrogen) atoms. The van der Waals surface area contributed by atoms with E-state index in [-0.39, 0.29) is 44.7 Å². The smallest absolute Gasteiger partial charge is 0.312 e. The second-order valence-electron chi connectivity index (χ2n) is 7.50. The SMILES string of the molecule is CCS(=O)(=O)c1nn2cc(N=S(C)(C)=O)cnc2c1-c1nc2cc(C(F)(F)F)cnc2n1C. The lowest BCUT2D eigenvalue weighted by molar-refractivity contribution is -0.137. The van der Waals surface area contributed by atoms with Crippen LogP contribution in [0.2, 0.25) is 0 Å².